The molecule has 10 nitrogen and oxygen atoms in total. The van der Waals surface area contributed by atoms with Crippen LogP contribution in [0.2, 0.25) is 0 Å². The van der Waals surface area contributed by atoms with Gasteiger partial charge in [0.25, 0.3) is 18.3 Å². The molecule has 0 bridgehead atoms. The first-order chi connectivity index (χ1) is 18.8. The van der Waals surface area contributed by atoms with E-state index in [4.69, 9.17) is 9.90 Å². The van der Waals surface area contributed by atoms with E-state index in [0.717, 1.165) is 30.6 Å². The summed E-state index contributed by atoms with van der Waals surface area (Å²) in [5.41, 5.74) is 3.07. The van der Waals surface area contributed by atoms with Crippen molar-refractivity contribution in [3.8, 4) is 0 Å². The summed E-state index contributed by atoms with van der Waals surface area (Å²) in [6.07, 6.45) is 12.4. The average molecular weight is 615 g/mol. The van der Waals surface area contributed by atoms with Crippen LogP contribution in [0.4, 0.5) is 0 Å². The van der Waals surface area contributed by atoms with Crippen molar-refractivity contribution >= 4 is 34.2 Å². The summed E-state index contributed by atoms with van der Waals surface area (Å²) in [4.78, 5) is 40.5. The van der Waals surface area contributed by atoms with Gasteiger partial charge in [0.1, 0.15) is 0 Å². The number of quaternary nitrogens is 1. The molecule has 0 aromatic carbocycles. The lowest BCUT2D eigenvalue weighted by atomic mass is 10.1. The van der Waals surface area contributed by atoms with Crippen molar-refractivity contribution in [3.05, 3.63) is 77.8 Å². The Hall–Kier alpha value is -3.41. The molecule has 41 heavy (non-hydrogen) atoms. The number of carboxylic acid groups (broad SMARTS) is 1. The molecule has 2 rings (SSSR count). The number of nitrogens with one attached hydrogen (secondary N) is 3. The van der Waals surface area contributed by atoms with E-state index in [1.54, 1.807) is 31.2 Å². The minimum absolute atomic E-state index is 0. The monoisotopic (exact) mass is 614 g/mol. The summed E-state index contributed by atoms with van der Waals surface area (Å²) < 4.78 is 22.9. The van der Waals surface area contributed by atoms with Crippen molar-refractivity contribution < 1.29 is 45.2 Å². The van der Waals surface area contributed by atoms with Gasteiger partial charge in [-0.1, -0.05) is 30.4 Å². The molecule has 1 saturated heterocycles. The number of carbonyl (C=O) groups is 3. The lowest BCUT2D eigenvalue weighted by Crippen LogP contribution is -3.12. The first-order valence-corrected chi connectivity index (χ1v) is 14.8. The van der Waals surface area contributed by atoms with Crippen LogP contribution in [-0.2, 0) is 19.4 Å². The van der Waals surface area contributed by atoms with Gasteiger partial charge in [0.15, 0.2) is 9.84 Å². The molecule has 1 aliphatic heterocycles. The Morgan fingerprint density at radius 3 is 2.05 bits per heavy atom. The number of sulfone groups is 1. The summed E-state index contributed by atoms with van der Waals surface area (Å²) in [6, 6.07) is 0. The minimum atomic E-state index is -3.19. The number of halogens is 1. The van der Waals surface area contributed by atoms with E-state index in [1.165, 1.54) is 23.3 Å². The topological polar surface area (TPSA) is 141 Å². The van der Waals surface area contributed by atoms with Crippen LogP contribution in [-0.4, -0.2) is 86.9 Å². The Morgan fingerprint density at radius 1 is 1.12 bits per heavy atom. The van der Waals surface area contributed by atoms with Gasteiger partial charge in [0.2, 0.25) is 0 Å². The predicted octanol–water partition coefficient (Wildman–Crippen LogP) is -0.675. The zero-order valence-corrected chi connectivity index (χ0v) is 26.9. The van der Waals surface area contributed by atoms with Crippen molar-refractivity contribution in [1.82, 2.24) is 15.2 Å². The third-order valence-corrected chi connectivity index (χ3v) is 6.03. The highest BCUT2D eigenvalue weighted by Gasteiger charge is 2.26. The first-order valence-electron chi connectivity index (χ1n) is 12.8. The molecule has 2 heterocycles. The number of aryl methyl sites for hydroxylation is 1. The molecule has 1 aromatic rings. The summed E-state index contributed by atoms with van der Waals surface area (Å²) in [6.45, 7) is 19.0. The number of rotatable bonds is 7. The van der Waals surface area contributed by atoms with Crippen LogP contribution in [0.1, 0.15) is 48.1 Å². The third kappa shape index (κ3) is 17.8. The van der Waals surface area contributed by atoms with Crippen LogP contribution in [0.15, 0.2) is 55.3 Å². The van der Waals surface area contributed by atoms with Crippen LogP contribution in [0.25, 0.3) is 6.08 Å². The van der Waals surface area contributed by atoms with Gasteiger partial charge < -0.3 is 37.6 Å². The molecule has 12 heteroatoms. The van der Waals surface area contributed by atoms with Crippen LogP contribution < -0.4 is 22.6 Å². The van der Waals surface area contributed by atoms with Gasteiger partial charge in [-0.2, -0.15) is 0 Å². The fraction of sp³-hybridized carbons (Fsp3) is 0.414. The second kappa shape index (κ2) is 23.3. The van der Waals surface area contributed by atoms with Crippen LogP contribution >= 0.6 is 0 Å². The van der Waals surface area contributed by atoms with Crippen molar-refractivity contribution in [3.63, 3.8) is 0 Å². The van der Waals surface area contributed by atoms with Crippen LogP contribution in [0, 0.1) is 13.8 Å². The van der Waals surface area contributed by atoms with E-state index in [2.05, 4.69) is 30.5 Å². The Morgan fingerprint density at radius 2 is 1.61 bits per heavy atom. The predicted molar refractivity (Wildman–Crippen MR) is 163 cm³/mol. The third-order valence-electron chi connectivity index (χ3n) is 5.23. The van der Waals surface area contributed by atoms with E-state index in [9.17, 15) is 18.0 Å². The summed E-state index contributed by atoms with van der Waals surface area (Å²) in [5, 5.41) is 9.53. The molecule has 0 spiro atoms. The van der Waals surface area contributed by atoms with Gasteiger partial charge in [-0.3, -0.25) is 14.4 Å². The smallest absolute Gasteiger partial charge is 0.290 e. The maximum Gasteiger partial charge on any atom is 0.290 e. The van der Waals surface area contributed by atoms with Gasteiger partial charge in [0, 0.05) is 23.2 Å². The lowest BCUT2D eigenvalue weighted by molar-refractivity contribution is -0.883. The van der Waals surface area contributed by atoms with Crippen molar-refractivity contribution in [2.75, 3.05) is 45.2 Å². The quantitative estimate of drug-likeness (QED) is 0.139. The second-order valence-corrected chi connectivity index (χ2v) is 11.1. The molecule has 1 aromatic heterocycles. The number of hydrogen-bond donors (Lipinski definition) is 4. The maximum atomic E-state index is 13.1. The number of amides is 2. The van der Waals surface area contributed by atoms with Gasteiger partial charge in [-0.25, -0.2) is 8.42 Å². The molecule has 0 atom stereocenters. The van der Waals surface area contributed by atoms with E-state index < -0.39 is 9.84 Å². The van der Waals surface area contributed by atoms with Crippen molar-refractivity contribution in [2.24, 2.45) is 0 Å². The molecule has 1 aliphatic rings. The molecular weight excluding hydrogens is 568 g/mol. The number of allylic oxidation sites excluding steroid dienone is 3. The number of aromatic amines is 1. The van der Waals surface area contributed by atoms with Gasteiger partial charge in [0.05, 0.1) is 44.5 Å². The number of H-pyrrole nitrogens is 1. The molecule has 0 aliphatic carbocycles. The van der Waals surface area contributed by atoms with E-state index in [-0.39, 0.29) is 42.0 Å². The number of nitrogens with zero attached hydrogens (tertiary/aromatic N) is 1. The van der Waals surface area contributed by atoms with Crippen LogP contribution in [0.3, 0.4) is 0 Å². The molecule has 2 amide bonds. The molecule has 4 N–H and O–H groups in total. The molecule has 0 unspecified atom stereocenters. The van der Waals surface area contributed by atoms with Crippen LogP contribution in [0.5, 0.6) is 0 Å². The Bertz CT molecular complexity index is 1150. The summed E-state index contributed by atoms with van der Waals surface area (Å²) in [5.74, 6) is -0.547. The zero-order valence-electron chi connectivity index (χ0n) is 25.3. The van der Waals surface area contributed by atoms with Gasteiger partial charge in [-0.15, -0.1) is 13.2 Å². The number of aromatic nitrogens is 1. The van der Waals surface area contributed by atoms with Crippen molar-refractivity contribution in [2.45, 2.75) is 34.6 Å². The van der Waals surface area contributed by atoms with Gasteiger partial charge in [-0.05, 0) is 52.5 Å². The number of likely N-dealkylation sites (N-methyl/N-ethyl adjacent to an activating group) is 1. The fourth-order valence-corrected chi connectivity index (χ4v) is 3.87. The Kier molecular flexibility index (Phi) is 23.9. The molecule has 1 fully saturated rings. The largest absolute Gasteiger partial charge is 1.00 e. The highest BCUT2D eigenvalue weighted by atomic mass is 35.5. The highest BCUT2D eigenvalue weighted by molar-refractivity contribution is 7.90. The summed E-state index contributed by atoms with van der Waals surface area (Å²) in [7, 11) is -1.07. The SMILES string of the molecule is C/C=C/NC(=O)C(=C\c1[nH]c(C)c(C(=O)N2CC[NH+](C)CC2)c1C)/C=C/CS(C)(=O)=O.C=CC.C=CC.O=CO.[Cl-]. The molecule has 0 saturated carbocycles. The van der Waals surface area contributed by atoms with Gasteiger partial charge >= 0.3 is 0 Å². The Balaban J connectivity index is -0.00000128. The zero-order chi connectivity index (χ0) is 31.3. The summed E-state index contributed by atoms with van der Waals surface area (Å²) >= 11 is 0. The lowest BCUT2D eigenvalue weighted by Gasteiger charge is -2.30. The standard InChI is InChI=1S/C22H32N4O4S.2C3H6.CH2O2.ClH/c1-6-9-23-21(27)18(8-7-14-31(5,29)30)15-19-16(2)20(17(3)24-19)22(28)26-12-10-25(4)11-13-26;2*1-3-2;2-1-3;/h6-9,15,24H,10-14H2,1-5H3,(H,23,27);2*3H,1H2,2H3;1H,(H,2,3);1H/b8-7+,9-6+,18-15-;;;;. The van der Waals surface area contributed by atoms with E-state index in [1.807, 2.05) is 32.6 Å². The van der Waals surface area contributed by atoms with E-state index >= 15 is 0 Å². The average Bonchev–Trinajstić information content (AvgIpc) is 3.15. The normalized spacial score (nSPS) is 13.3. The maximum absolute atomic E-state index is 13.1. The second-order valence-electron chi connectivity index (χ2n) is 8.90. The Labute approximate surface area is 251 Å². The number of piperazine rings is 1. The first kappa shape index (κ1) is 42.1. The number of hydrogen-bond acceptors (Lipinski definition) is 5. The number of carbonyl (C=O) groups excluding carboxylic acids is 2. The molecular formula is C29H47ClN4O6S. The molecule has 232 valence electrons. The minimum Gasteiger partial charge on any atom is -1.00 e. The highest BCUT2D eigenvalue weighted by Crippen LogP contribution is 2.22. The fourth-order valence-electron chi connectivity index (χ4n) is 3.43. The van der Waals surface area contributed by atoms with E-state index in [0.29, 0.717) is 24.3 Å². The molecule has 0 radical (unpaired) electrons. The van der Waals surface area contributed by atoms with Crippen molar-refractivity contribution in [1.29, 1.82) is 0 Å².